The van der Waals surface area contributed by atoms with Crippen LogP contribution < -0.4 is 5.32 Å². The van der Waals surface area contributed by atoms with Gasteiger partial charge in [-0.3, -0.25) is 0 Å². The van der Waals surface area contributed by atoms with Crippen molar-refractivity contribution in [2.45, 2.75) is 13.0 Å². The molecule has 0 aliphatic carbocycles. The fraction of sp³-hybridized carbons (Fsp3) is 0.222. The normalized spacial score (nSPS) is 12.3. The Morgan fingerprint density at radius 2 is 1.83 bits per heavy atom. The lowest BCUT2D eigenvalue weighted by molar-refractivity contribution is 0.105. The molecule has 0 amide bonds. The third-order valence-corrected chi connectivity index (χ3v) is 3.81. The number of phenols is 1. The predicted octanol–water partition coefficient (Wildman–Crippen LogP) is 2.08. The van der Waals surface area contributed by atoms with Crippen molar-refractivity contribution in [2.24, 2.45) is 0 Å². The van der Waals surface area contributed by atoms with Crippen molar-refractivity contribution in [1.29, 1.82) is 0 Å². The van der Waals surface area contributed by atoms with Gasteiger partial charge in [0, 0.05) is 22.9 Å². The van der Waals surface area contributed by atoms with Crippen LogP contribution >= 0.6 is 0 Å². The highest BCUT2D eigenvalue weighted by atomic mass is 16.3. The lowest BCUT2D eigenvalue weighted by Crippen LogP contribution is -2.23. The largest absolute Gasteiger partial charge is 0.507 e. The lowest BCUT2D eigenvalue weighted by Gasteiger charge is -2.13. The molecule has 1 heterocycles. The summed E-state index contributed by atoms with van der Waals surface area (Å²) in [5, 5.41) is 41.7. The van der Waals surface area contributed by atoms with Crippen LogP contribution in [0.5, 0.6) is 5.75 Å². The summed E-state index contributed by atoms with van der Waals surface area (Å²) >= 11 is 0. The number of phenolic OH excluding ortho intramolecular Hbond substituents is 1. The third kappa shape index (κ3) is 3.15. The molecule has 1 aromatic heterocycles. The molecule has 124 valence electrons. The van der Waals surface area contributed by atoms with Crippen LogP contribution in [0.1, 0.15) is 5.56 Å². The van der Waals surface area contributed by atoms with Crippen molar-refractivity contribution in [3.63, 3.8) is 0 Å². The summed E-state index contributed by atoms with van der Waals surface area (Å²) in [5.41, 5.74) is 2.24. The predicted molar refractivity (Wildman–Crippen MR) is 93.0 cm³/mol. The number of hydrogen-bond donors (Lipinski definition) is 4. The standard InChI is InChI=1S/C18H19N3O3/c1-11-6-7-16(24)15(8-11)17-13-4-2-3-5-14(13)18(21-20-17)19-9-12(23)10-22/h2-8,12,22-24H,9-10H2,1H3,(H,19,21)/t12-/m0/s1. The van der Waals surface area contributed by atoms with Gasteiger partial charge in [0.1, 0.15) is 11.4 Å². The molecule has 4 N–H and O–H groups in total. The van der Waals surface area contributed by atoms with E-state index in [1.54, 1.807) is 6.07 Å². The Morgan fingerprint density at radius 1 is 1.08 bits per heavy atom. The number of nitrogens with one attached hydrogen (secondary N) is 1. The number of nitrogens with zero attached hydrogens (tertiary/aromatic N) is 2. The number of benzene rings is 2. The van der Waals surface area contributed by atoms with E-state index in [1.807, 2.05) is 43.3 Å². The van der Waals surface area contributed by atoms with E-state index in [0.717, 1.165) is 16.3 Å². The van der Waals surface area contributed by atoms with Crippen LogP contribution in [0, 0.1) is 6.92 Å². The Balaban J connectivity index is 2.10. The van der Waals surface area contributed by atoms with E-state index in [4.69, 9.17) is 5.11 Å². The molecule has 0 saturated carbocycles. The second-order valence-electron chi connectivity index (χ2n) is 5.68. The lowest BCUT2D eigenvalue weighted by atomic mass is 10.0. The van der Waals surface area contributed by atoms with Crippen LogP contribution in [-0.2, 0) is 0 Å². The second-order valence-corrected chi connectivity index (χ2v) is 5.68. The topological polar surface area (TPSA) is 98.5 Å². The highest BCUT2D eigenvalue weighted by molar-refractivity contribution is 6.00. The molecule has 0 fully saturated rings. The Hall–Kier alpha value is -2.70. The van der Waals surface area contributed by atoms with E-state index in [1.165, 1.54) is 0 Å². The van der Waals surface area contributed by atoms with E-state index in [-0.39, 0.29) is 18.9 Å². The fourth-order valence-corrected chi connectivity index (χ4v) is 2.55. The van der Waals surface area contributed by atoms with Crippen molar-refractivity contribution in [2.75, 3.05) is 18.5 Å². The van der Waals surface area contributed by atoms with E-state index in [2.05, 4.69) is 15.5 Å². The SMILES string of the molecule is Cc1ccc(O)c(-c2nnc(NC[C@H](O)CO)c3ccccc23)c1. The van der Waals surface area contributed by atoms with E-state index >= 15 is 0 Å². The van der Waals surface area contributed by atoms with Crippen LogP contribution in [0.4, 0.5) is 5.82 Å². The summed E-state index contributed by atoms with van der Waals surface area (Å²) in [6.45, 7) is 1.79. The molecule has 2 aromatic carbocycles. The smallest absolute Gasteiger partial charge is 0.156 e. The summed E-state index contributed by atoms with van der Waals surface area (Å²) in [5.74, 6) is 0.672. The monoisotopic (exact) mass is 325 g/mol. The van der Waals surface area contributed by atoms with Crippen LogP contribution in [-0.4, -0.2) is 44.8 Å². The first-order valence-electron chi connectivity index (χ1n) is 7.68. The molecule has 0 aliphatic heterocycles. The van der Waals surface area contributed by atoms with Crippen molar-refractivity contribution in [3.8, 4) is 17.0 Å². The molecule has 0 spiro atoms. The number of aryl methyl sites for hydroxylation is 1. The maximum absolute atomic E-state index is 10.2. The minimum Gasteiger partial charge on any atom is -0.507 e. The van der Waals surface area contributed by atoms with Gasteiger partial charge >= 0.3 is 0 Å². The third-order valence-electron chi connectivity index (χ3n) is 3.81. The Kier molecular flexibility index (Phi) is 4.59. The van der Waals surface area contributed by atoms with Gasteiger partial charge < -0.3 is 20.6 Å². The number of aliphatic hydroxyl groups excluding tert-OH is 2. The highest BCUT2D eigenvalue weighted by Gasteiger charge is 2.14. The minimum atomic E-state index is -0.869. The molecule has 6 nitrogen and oxygen atoms in total. The molecular weight excluding hydrogens is 306 g/mol. The minimum absolute atomic E-state index is 0.150. The number of aliphatic hydroxyl groups is 2. The molecule has 0 saturated heterocycles. The number of aromatic nitrogens is 2. The quantitative estimate of drug-likeness (QED) is 0.573. The van der Waals surface area contributed by atoms with Crippen molar-refractivity contribution < 1.29 is 15.3 Å². The Bertz CT molecular complexity index is 867. The number of hydrogen-bond acceptors (Lipinski definition) is 6. The summed E-state index contributed by atoms with van der Waals surface area (Å²) in [6.07, 6.45) is -0.869. The molecule has 1 atom stereocenters. The zero-order valence-electron chi connectivity index (χ0n) is 13.3. The molecular formula is C18H19N3O3. The van der Waals surface area contributed by atoms with Crippen molar-refractivity contribution in [1.82, 2.24) is 10.2 Å². The maximum atomic E-state index is 10.2. The molecule has 0 aliphatic rings. The fourth-order valence-electron chi connectivity index (χ4n) is 2.55. The van der Waals surface area contributed by atoms with Gasteiger partial charge in [-0.2, -0.15) is 0 Å². The number of rotatable bonds is 5. The second kappa shape index (κ2) is 6.82. The number of fused-ring (bicyclic) bond motifs is 1. The number of aromatic hydroxyl groups is 1. The van der Waals surface area contributed by atoms with Gasteiger partial charge in [-0.05, 0) is 19.1 Å². The van der Waals surface area contributed by atoms with Crippen molar-refractivity contribution in [3.05, 3.63) is 48.0 Å². The van der Waals surface area contributed by atoms with Gasteiger partial charge in [0.25, 0.3) is 0 Å². The average molecular weight is 325 g/mol. The summed E-state index contributed by atoms with van der Waals surface area (Å²) in [6, 6.07) is 12.9. The van der Waals surface area contributed by atoms with Crippen LogP contribution in [0.15, 0.2) is 42.5 Å². The van der Waals surface area contributed by atoms with Gasteiger partial charge in [0.15, 0.2) is 5.82 Å². The van der Waals surface area contributed by atoms with E-state index in [0.29, 0.717) is 17.1 Å². The summed E-state index contributed by atoms with van der Waals surface area (Å²) < 4.78 is 0. The molecule has 24 heavy (non-hydrogen) atoms. The first-order valence-corrected chi connectivity index (χ1v) is 7.68. The molecule has 0 bridgehead atoms. The highest BCUT2D eigenvalue weighted by Crippen LogP contribution is 2.34. The molecule has 6 heteroatoms. The van der Waals surface area contributed by atoms with E-state index in [9.17, 15) is 10.2 Å². The van der Waals surface area contributed by atoms with Gasteiger partial charge in [0.2, 0.25) is 0 Å². The molecule has 0 unspecified atom stereocenters. The van der Waals surface area contributed by atoms with Crippen LogP contribution in [0.25, 0.3) is 22.0 Å². The molecule has 3 rings (SSSR count). The average Bonchev–Trinajstić information content (AvgIpc) is 2.61. The van der Waals surface area contributed by atoms with Crippen LogP contribution in [0.3, 0.4) is 0 Å². The Morgan fingerprint density at radius 3 is 2.58 bits per heavy atom. The summed E-state index contributed by atoms with van der Waals surface area (Å²) in [7, 11) is 0. The maximum Gasteiger partial charge on any atom is 0.156 e. The molecule has 3 aromatic rings. The van der Waals surface area contributed by atoms with Gasteiger partial charge in [-0.15, -0.1) is 10.2 Å². The van der Waals surface area contributed by atoms with Crippen molar-refractivity contribution >= 4 is 16.6 Å². The van der Waals surface area contributed by atoms with E-state index < -0.39 is 6.10 Å². The van der Waals surface area contributed by atoms with Gasteiger partial charge in [-0.25, -0.2) is 0 Å². The first-order chi connectivity index (χ1) is 11.6. The zero-order valence-corrected chi connectivity index (χ0v) is 13.3. The van der Waals surface area contributed by atoms with Crippen LogP contribution in [0.2, 0.25) is 0 Å². The van der Waals surface area contributed by atoms with Gasteiger partial charge in [-0.1, -0.05) is 35.9 Å². The Labute approximate surface area is 139 Å². The van der Waals surface area contributed by atoms with Gasteiger partial charge in [0.05, 0.1) is 12.7 Å². The summed E-state index contributed by atoms with van der Waals surface area (Å²) in [4.78, 5) is 0. The zero-order chi connectivity index (χ0) is 17.1. The number of anilines is 1. The molecule has 0 radical (unpaired) electrons. The first kappa shape index (κ1) is 16.2.